The van der Waals surface area contributed by atoms with E-state index in [0.717, 1.165) is 22.9 Å². The lowest BCUT2D eigenvalue weighted by molar-refractivity contribution is 0.587. The van der Waals surface area contributed by atoms with Gasteiger partial charge < -0.3 is 0 Å². The van der Waals surface area contributed by atoms with Crippen LogP contribution in [0.3, 0.4) is 0 Å². The largest absolute Gasteiger partial charge is 0.239 e. The van der Waals surface area contributed by atoms with E-state index in [0.29, 0.717) is 0 Å². The normalized spacial score (nSPS) is 11.5. The number of thiazole rings is 2. The van der Waals surface area contributed by atoms with Crippen molar-refractivity contribution < 1.29 is 0 Å². The summed E-state index contributed by atoms with van der Waals surface area (Å²) in [7, 11) is 0. The van der Waals surface area contributed by atoms with E-state index in [1.165, 1.54) is 121 Å². The first-order chi connectivity index (χ1) is 18.8. The van der Waals surface area contributed by atoms with Gasteiger partial charge >= 0.3 is 0 Å². The van der Waals surface area contributed by atoms with E-state index >= 15 is 0 Å². The van der Waals surface area contributed by atoms with Crippen LogP contribution in [0.25, 0.3) is 29.5 Å². The third-order valence-corrected chi connectivity index (χ3v) is 11.5. The third kappa shape index (κ3) is 9.11. The molecule has 0 aliphatic heterocycles. The molecular formula is C32H44N2S4. The van der Waals surface area contributed by atoms with E-state index in [1.807, 2.05) is 34.0 Å². The Labute approximate surface area is 246 Å². The molecular weight excluding hydrogens is 541 g/mol. The van der Waals surface area contributed by atoms with Crippen molar-refractivity contribution in [2.24, 2.45) is 0 Å². The smallest absolute Gasteiger partial charge is 0.153 e. The van der Waals surface area contributed by atoms with Crippen molar-refractivity contribution in [1.82, 2.24) is 9.97 Å². The predicted octanol–water partition coefficient (Wildman–Crippen LogP) is 12.3. The average Bonchev–Trinajstić information content (AvgIpc) is 3.73. The topological polar surface area (TPSA) is 25.8 Å². The van der Waals surface area contributed by atoms with Crippen molar-refractivity contribution >= 4 is 45.3 Å². The van der Waals surface area contributed by atoms with Gasteiger partial charge in [0.1, 0.15) is 0 Å². The highest BCUT2D eigenvalue weighted by molar-refractivity contribution is 7.28. The molecule has 0 saturated carbocycles. The van der Waals surface area contributed by atoms with Crippen molar-refractivity contribution in [1.29, 1.82) is 0 Å². The maximum Gasteiger partial charge on any atom is 0.153 e. The van der Waals surface area contributed by atoms with Gasteiger partial charge in [-0.15, -0.1) is 45.3 Å². The Kier molecular flexibility index (Phi) is 13.0. The van der Waals surface area contributed by atoms with E-state index in [-0.39, 0.29) is 0 Å². The van der Waals surface area contributed by atoms with Gasteiger partial charge in [-0.05, 0) is 49.3 Å². The zero-order valence-electron chi connectivity index (χ0n) is 23.3. The van der Waals surface area contributed by atoms with Crippen LogP contribution >= 0.6 is 45.3 Å². The molecule has 0 aromatic carbocycles. The van der Waals surface area contributed by atoms with Crippen molar-refractivity contribution in [2.45, 2.75) is 117 Å². The van der Waals surface area contributed by atoms with Gasteiger partial charge in [0.25, 0.3) is 0 Å². The Hall–Kier alpha value is -1.34. The molecule has 0 fully saturated rings. The lowest BCUT2D eigenvalue weighted by atomic mass is 10.1. The zero-order valence-corrected chi connectivity index (χ0v) is 26.6. The van der Waals surface area contributed by atoms with Crippen molar-refractivity contribution in [3.63, 3.8) is 0 Å². The minimum atomic E-state index is 1.07. The Morgan fingerprint density at radius 2 is 1.24 bits per heavy atom. The Morgan fingerprint density at radius 1 is 0.579 bits per heavy atom. The Balaban J connectivity index is 1.40. The van der Waals surface area contributed by atoms with Crippen LogP contribution < -0.4 is 0 Å². The molecule has 6 heteroatoms. The quantitative estimate of drug-likeness (QED) is 0.102. The number of hydrogen-bond acceptors (Lipinski definition) is 6. The molecule has 38 heavy (non-hydrogen) atoms. The van der Waals surface area contributed by atoms with Crippen LogP contribution in [0.15, 0.2) is 35.0 Å². The van der Waals surface area contributed by atoms with Gasteiger partial charge in [-0.2, -0.15) is 0 Å². The average molecular weight is 585 g/mol. The maximum absolute atomic E-state index is 5.20. The minimum absolute atomic E-state index is 1.07. The fourth-order valence-corrected chi connectivity index (χ4v) is 8.82. The lowest BCUT2D eigenvalue weighted by Crippen LogP contribution is -1.90. The van der Waals surface area contributed by atoms with Crippen LogP contribution in [0, 0.1) is 0 Å². The Bertz CT molecular complexity index is 1170. The fourth-order valence-electron chi connectivity index (χ4n) is 4.85. The maximum atomic E-state index is 5.20. The van der Waals surface area contributed by atoms with Gasteiger partial charge in [0.2, 0.25) is 0 Å². The molecule has 4 heterocycles. The number of aryl methyl sites for hydroxylation is 2. The molecule has 206 valence electrons. The van der Waals surface area contributed by atoms with E-state index in [1.54, 1.807) is 11.3 Å². The highest BCUT2D eigenvalue weighted by Gasteiger charge is 2.18. The Morgan fingerprint density at radius 3 is 1.92 bits per heavy atom. The molecule has 0 atom stereocenters. The number of rotatable bonds is 19. The van der Waals surface area contributed by atoms with Gasteiger partial charge in [0, 0.05) is 20.0 Å². The molecule has 0 N–H and O–H groups in total. The summed E-state index contributed by atoms with van der Waals surface area (Å²) < 4.78 is 0. The molecule has 0 radical (unpaired) electrons. The van der Waals surface area contributed by atoms with Gasteiger partial charge in [-0.25, -0.2) is 9.97 Å². The summed E-state index contributed by atoms with van der Waals surface area (Å²) in [5.74, 6) is 0. The summed E-state index contributed by atoms with van der Waals surface area (Å²) in [6.45, 7) is 4.57. The number of aromatic nitrogens is 2. The summed E-state index contributed by atoms with van der Waals surface area (Å²) in [6, 6.07) is 8.95. The van der Waals surface area contributed by atoms with Crippen molar-refractivity contribution in [2.75, 3.05) is 0 Å². The van der Waals surface area contributed by atoms with Crippen LogP contribution in [-0.2, 0) is 12.8 Å². The second-order valence-electron chi connectivity index (χ2n) is 10.3. The van der Waals surface area contributed by atoms with E-state index in [9.17, 15) is 0 Å². The molecule has 0 saturated heterocycles. The molecule has 2 nitrogen and oxygen atoms in total. The third-order valence-electron chi connectivity index (χ3n) is 7.08. The molecule has 4 aromatic heterocycles. The standard InChI is InChI=1S/C32H44N2S4/c1-3-5-7-9-11-13-15-18-25-24-36-31(33-25)32-34-26(19-16-14-12-10-8-6-4-2)30(38-32)29-22-21-28(37-29)27-20-17-23-35-27/h17,20-24H,3-16,18-19H2,1-2H3. The fraction of sp³-hybridized carbons (Fsp3) is 0.562. The van der Waals surface area contributed by atoms with Crippen LogP contribution in [-0.4, -0.2) is 9.97 Å². The first kappa shape index (κ1) is 29.6. The van der Waals surface area contributed by atoms with Crippen LogP contribution in [0.2, 0.25) is 0 Å². The van der Waals surface area contributed by atoms with Crippen LogP contribution in [0.4, 0.5) is 0 Å². The number of thiophene rings is 2. The first-order valence-electron chi connectivity index (χ1n) is 14.9. The van der Waals surface area contributed by atoms with Crippen molar-refractivity contribution in [3.05, 3.63) is 46.4 Å². The van der Waals surface area contributed by atoms with Crippen LogP contribution in [0.5, 0.6) is 0 Å². The van der Waals surface area contributed by atoms with Gasteiger partial charge in [0.05, 0.1) is 16.3 Å². The van der Waals surface area contributed by atoms with Crippen molar-refractivity contribution in [3.8, 4) is 29.5 Å². The number of hydrogen-bond donors (Lipinski definition) is 0. The molecule has 0 aliphatic carbocycles. The summed E-state index contributed by atoms with van der Waals surface area (Å²) in [6.07, 6.45) is 20.9. The second-order valence-corrected chi connectivity index (χ2v) is 14.2. The number of unbranched alkanes of at least 4 members (excludes halogenated alkanes) is 12. The molecule has 0 bridgehead atoms. The van der Waals surface area contributed by atoms with E-state index in [4.69, 9.17) is 9.97 Å². The molecule has 0 unspecified atom stereocenters. The minimum Gasteiger partial charge on any atom is -0.239 e. The molecule has 0 amide bonds. The predicted molar refractivity (Wildman–Crippen MR) is 173 cm³/mol. The summed E-state index contributed by atoms with van der Waals surface area (Å²) in [5, 5.41) is 6.65. The SMILES string of the molecule is CCCCCCCCCc1csc(-c2nc(CCCCCCCCC)c(-c3ccc(-c4cccs4)s3)s2)n1. The molecule has 0 spiro atoms. The van der Waals surface area contributed by atoms with Crippen LogP contribution in [0.1, 0.15) is 115 Å². The van der Waals surface area contributed by atoms with E-state index < -0.39 is 0 Å². The van der Waals surface area contributed by atoms with Gasteiger partial charge in [-0.3, -0.25) is 0 Å². The van der Waals surface area contributed by atoms with E-state index in [2.05, 4.69) is 48.9 Å². The highest BCUT2D eigenvalue weighted by Crippen LogP contribution is 2.43. The molecule has 4 aromatic rings. The summed E-state index contributed by atoms with van der Waals surface area (Å²) in [4.78, 5) is 15.7. The van der Waals surface area contributed by atoms with Gasteiger partial charge in [0.15, 0.2) is 10.0 Å². The number of nitrogens with zero attached hydrogens (tertiary/aromatic N) is 2. The summed E-state index contributed by atoms with van der Waals surface area (Å²) >= 11 is 7.36. The summed E-state index contributed by atoms with van der Waals surface area (Å²) in [5.41, 5.74) is 2.53. The second kappa shape index (κ2) is 16.7. The first-order valence-corrected chi connectivity index (χ1v) is 18.3. The molecule has 0 aliphatic rings. The monoisotopic (exact) mass is 584 g/mol. The lowest BCUT2D eigenvalue weighted by Gasteiger charge is -2.02. The molecule has 4 rings (SSSR count). The van der Waals surface area contributed by atoms with Gasteiger partial charge in [-0.1, -0.05) is 97.0 Å². The highest BCUT2D eigenvalue weighted by atomic mass is 32.1. The zero-order chi connectivity index (χ0) is 26.4.